The van der Waals surface area contributed by atoms with Gasteiger partial charge in [0, 0.05) is 4.90 Å². The number of benzene rings is 1. The molecule has 0 aliphatic carbocycles. The minimum absolute atomic E-state index is 0.116. The first kappa shape index (κ1) is 11.9. The van der Waals surface area contributed by atoms with Crippen LogP contribution in [0.4, 0.5) is 0 Å². The predicted octanol–water partition coefficient (Wildman–Crippen LogP) is 2.48. The zero-order valence-corrected chi connectivity index (χ0v) is 10.1. The number of rotatable bonds is 4. The molecule has 1 heterocycles. The molecule has 0 amide bonds. The lowest BCUT2D eigenvalue weighted by molar-refractivity contribution is 0.275. The van der Waals surface area contributed by atoms with Crippen LogP contribution in [0.1, 0.15) is 5.69 Å². The van der Waals surface area contributed by atoms with E-state index in [0.717, 1.165) is 10.6 Å². The second-order valence-corrected chi connectivity index (χ2v) is 4.11. The van der Waals surface area contributed by atoms with Crippen molar-refractivity contribution in [2.45, 2.75) is 11.5 Å². The average Bonchev–Trinajstić information content (AvgIpc) is 2.40. The molecule has 0 saturated heterocycles. The zero-order chi connectivity index (χ0) is 12.1. The lowest BCUT2D eigenvalue weighted by Crippen LogP contribution is -1.94. The fourth-order valence-electron chi connectivity index (χ4n) is 1.29. The molecule has 0 aliphatic heterocycles. The third-order valence-corrected chi connectivity index (χ3v) is 2.90. The molecule has 5 heteroatoms. The maximum absolute atomic E-state index is 8.85. The summed E-state index contributed by atoms with van der Waals surface area (Å²) in [6.45, 7) is -0.116. The number of hydrogen-bond donors (Lipinski definition) is 1. The summed E-state index contributed by atoms with van der Waals surface area (Å²) in [6, 6.07) is 7.73. The molecule has 0 spiro atoms. The minimum Gasteiger partial charge on any atom is -0.436 e. The highest BCUT2D eigenvalue weighted by atomic mass is 32.2. The highest BCUT2D eigenvalue weighted by Crippen LogP contribution is 2.29. The zero-order valence-electron chi connectivity index (χ0n) is 9.33. The van der Waals surface area contributed by atoms with Crippen molar-refractivity contribution in [2.24, 2.45) is 0 Å². The van der Waals surface area contributed by atoms with Gasteiger partial charge >= 0.3 is 0 Å². The van der Waals surface area contributed by atoms with Crippen molar-refractivity contribution in [3.05, 3.63) is 42.4 Å². The molecule has 0 unspecified atom stereocenters. The van der Waals surface area contributed by atoms with Crippen LogP contribution in [0.3, 0.4) is 0 Å². The van der Waals surface area contributed by atoms with Crippen LogP contribution in [0.2, 0.25) is 0 Å². The average molecular weight is 248 g/mol. The van der Waals surface area contributed by atoms with Crippen LogP contribution in [0.15, 0.2) is 41.6 Å². The summed E-state index contributed by atoms with van der Waals surface area (Å²) in [7, 11) is 0. The molecule has 1 N–H and O–H groups in total. The SMILES string of the molecule is CSc1ccccc1Oc1cnc(CO)cn1. The second-order valence-electron chi connectivity index (χ2n) is 3.26. The molecular formula is C12H12N2O2S. The maximum atomic E-state index is 8.85. The van der Waals surface area contributed by atoms with E-state index < -0.39 is 0 Å². The molecule has 0 radical (unpaired) electrons. The van der Waals surface area contributed by atoms with Crippen molar-refractivity contribution in [3.8, 4) is 11.6 Å². The van der Waals surface area contributed by atoms with Crippen LogP contribution in [-0.2, 0) is 6.61 Å². The third-order valence-electron chi connectivity index (χ3n) is 2.13. The summed E-state index contributed by atoms with van der Waals surface area (Å²) >= 11 is 1.61. The Morgan fingerprint density at radius 2 is 2.06 bits per heavy atom. The second kappa shape index (κ2) is 5.65. The molecule has 0 atom stereocenters. The molecule has 1 aromatic heterocycles. The summed E-state index contributed by atoms with van der Waals surface area (Å²) in [6.07, 6.45) is 4.99. The van der Waals surface area contributed by atoms with E-state index in [0.29, 0.717) is 11.6 Å². The quantitative estimate of drug-likeness (QED) is 0.842. The topological polar surface area (TPSA) is 55.2 Å². The van der Waals surface area contributed by atoms with Crippen LogP contribution in [-0.4, -0.2) is 21.3 Å². The third kappa shape index (κ3) is 2.95. The van der Waals surface area contributed by atoms with Gasteiger partial charge in [0.05, 0.1) is 24.7 Å². The van der Waals surface area contributed by atoms with Gasteiger partial charge in [-0.25, -0.2) is 4.98 Å². The van der Waals surface area contributed by atoms with Gasteiger partial charge in [0.15, 0.2) is 0 Å². The van der Waals surface area contributed by atoms with Gasteiger partial charge in [0.25, 0.3) is 0 Å². The van der Waals surface area contributed by atoms with Crippen LogP contribution in [0, 0.1) is 0 Å². The Balaban J connectivity index is 2.19. The fourth-order valence-corrected chi connectivity index (χ4v) is 1.82. The van der Waals surface area contributed by atoms with Gasteiger partial charge in [-0.1, -0.05) is 12.1 Å². The van der Waals surface area contributed by atoms with E-state index in [2.05, 4.69) is 9.97 Å². The highest BCUT2D eigenvalue weighted by Gasteiger charge is 2.04. The number of aromatic nitrogens is 2. The lowest BCUT2D eigenvalue weighted by Gasteiger charge is -2.08. The smallest absolute Gasteiger partial charge is 0.237 e. The van der Waals surface area contributed by atoms with Crippen molar-refractivity contribution in [1.29, 1.82) is 0 Å². The van der Waals surface area contributed by atoms with Gasteiger partial charge in [-0.2, -0.15) is 0 Å². The van der Waals surface area contributed by atoms with Gasteiger partial charge in [-0.05, 0) is 18.4 Å². The number of para-hydroxylation sites is 1. The van der Waals surface area contributed by atoms with Crippen LogP contribution < -0.4 is 4.74 Å². The molecule has 0 aliphatic rings. The van der Waals surface area contributed by atoms with Crippen molar-refractivity contribution in [3.63, 3.8) is 0 Å². The number of aliphatic hydroxyl groups is 1. The van der Waals surface area contributed by atoms with E-state index in [9.17, 15) is 0 Å². The van der Waals surface area contributed by atoms with Gasteiger partial charge in [0.1, 0.15) is 5.75 Å². The van der Waals surface area contributed by atoms with Crippen molar-refractivity contribution in [2.75, 3.05) is 6.26 Å². The van der Waals surface area contributed by atoms with Gasteiger partial charge in [-0.15, -0.1) is 11.8 Å². The fraction of sp³-hybridized carbons (Fsp3) is 0.167. The van der Waals surface area contributed by atoms with E-state index >= 15 is 0 Å². The first-order chi connectivity index (χ1) is 8.33. The van der Waals surface area contributed by atoms with Crippen LogP contribution in [0.25, 0.3) is 0 Å². The Kier molecular flexibility index (Phi) is 3.95. The summed E-state index contributed by atoms with van der Waals surface area (Å²) in [4.78, 5) is 9.11. The molecule has 2 aromatic rings. The molecule has 17 heavy (non-hydrogen) atoms. The highest BCUT2D eigenvalue weighted by molar-refractivity contribution is 7.98. The largest absolute Gasteiger partial charge is 0.436 e. The van der Waals surface area contributed by atoms with Crippen molar-refractivity contribution in [1.82, 2.24) is 9.97 Å². The van der Waals surface area contributed by atoms with Gasteiger partial charge < -0.3 is 9.84 Å². The predicted molar refractivity (Wildman–Crippen MR) is 66.3 cm³/mol. The molecule has 88 valence electrons. The summed E-state index contributed by atoms with van der Waals surface area (Å²) in [5, 5.41) is 8.85. The lowest BCUT2D eigenvalue weighted by atomic mass is 10.3. The molecule has 0 fully saturated rings. The van der Waals surface area contributed by atoms with Crippen molar-refractivity contribution < 1.29 is 9.84 Å². The monoisotopic (exact) mass is 248 g/mol. The first-order valence-corrected chi connectivity index (χ1v) is 6.28. The molecule has 0 saturated carbocycles. The minimum atomic E-state index is -0.116. The van der Waals surface area contributed by atoms with E-state index in [1.54, 1.807) is 11.8 Å². The first-order valence-electron chi connectivity index (χ1n) is 5.06. The number of thioether (sulfide) groups is 1. The van der Waals surface area contributed by atoms with Gasteiger partial charge in [0.2, 0.25) is 5.88 Å². The number of ether oxygens (including phenoxy) is 1. The Labute approximate surface area is 104 Å². The Morgan fingerprint density at radius 1 is 1.24 bits per heavy atom. The number of hydrogen-bond acceptors (Lipinski definition) is 5. The molecule has 0 bridgehead atoms. The molecule has 4 nitrogen and oxygen atoms in total. The van der Waals surface area contributed by atoms with E-state index in [1.165, 1.54) is 12.4 Å². The Hall–Kier alpha value is -1.59. The standard InChI is InChI=1S/C12H12N2O2S/c1-17-11-5-3-2-4-10(11)16-12-7-13-9(8-15)6-14-12/h2-7,15H,8H2,1H3. The normalized spacial score (nSPS) is 10.2. The number of nitrogens with zero attached hydrogens (tertiary/aromatic N) is 2. The maximum Gasteiger partial charge on any atom is 0.237 e. The Bertz CT molecular complexity index is 488. The van der Waals surface area contributed by atoms with Crippen LogP contribution in [0.5, 0.6) is 11.6 Å². The summed E-state index contributed by atoms with van der Waals surface area (Å²) < 4.78 is 5.62. The molecular weight excluding hydrogens is 236 g/mol. The Morgan fingerprint density at radius 3 is 2.71 bits per heavy atom. The summed E-state index contributed by atoms with van der Waals surface area (Å²) in [5.41, 5.74) is 0.524. The van der Waals surface area contributed by atoms with Crippen molar-refractivity contribution >= 4 is 11.8 Å². The van der Waals surface area contributed by atoms with E-state index in [1.807, 2.05) is 30.5 Å². The van der Waals surface area contributed by atoms with E-state index in [-0.39, 0.29) is 6.61 Å². The summed E-state index contributed by atoms with van der Waals surface area (Å²) in [5.74, 6) is 1.18. The molecule has 2 rings (SSSR count). The number of aliphatic hydroxyl groups excluding tert-OH is 1. The van der Waals surface area contributed by atoms with E-state index in [4.69, 9.17) is 9.84 Å². The molecule has 1 aromatic carbocycles. The van der Waals surface area contributed by atoms with Crippen LogP contribution >= 0.6 is 11.8 Å². The van der Waals surface area contributed by atoms with Gasteiger partial charge in [-0.3, -0.25) is 4.98 Å².